The number of nitrogens with one attached hydrogen (secondary N) is 2. The van der Waals surface area contributed by atoms with Gasteiger partial charge in [0.15, 0.2) is 0 Å². The second-order valence-corrected chi connectivity index (χ2v) is 11.1. The Labute approximate surface area is 214 Å². The molecule has 0 bridgehead atoms. The number of carbonyl (C=O) groups is 1. The van der Waals surface area contributed by atoms with Crippen molar-refractivity contribution in [3.05, 3.63) is 85.7 Å². The van der Waals surface area contributed by atoms with E-state index in [-0.39, 0.29) is 16.7 Å². The predicted octanol–water partition coefficient (Wildman–Crippen LogP) is 3.16. The van der Waals surface area contributed by atoms with Crippen LogP contribution in [-0.2, 0) is 20.2 Å². The smallest absolute Gasteiger partial charge is 0.338 e. The van der Waals surface area contributed by atoms with Crippen LogP contribution < -0.4 is 20.7 Å². The maximum Gasteiger partial charge on any atom is 0.338 e. The first-order valence-corrected chi connectivity index (χ1v) is 13.1. The highest BCUT2D eigenvalue weighted by Gasteiger charge is 2.23. The molecule has 11 heteroatoms. The number of benzene rings is 2. The zero-order valence-corrected chi connectivity index (χ0v) is 22.2. The summed E-state index contributed by atoms with van der Waals surface area (Å²) in [6.07, 6.45) is 5.80. The average molecular weight is 528 g/mol. The molecule has 0 saturated heterocycles. The van der Waals surface area contributed by atoms with E-state index in [1.807, 2.05) is 26.8 Å². The quantitative estimate of drug-likeness (QED) is 0.356. The summed E-state index contributed by atoms with van der Waals surface area (Å²) >= 11 is 0. The Morgan fingerprint density at radius 1 is 1.03 bits per heavy atom. The van der Waals surface area contributed by atoms with Gasteiger partial charge in [-0.1, -0.05) is 39.0 Å². The molecule has 1 heterocycles. The normalized spacial score (nSPS) is 11.9. The fraction of sp³-hybridized carbons (Fsp3) is 0.269. The van der Waals surface area contributed by atoms with Crippen LogP contribution >= 0.6 is 0 Å². The lowest BCUT2D eigenvalue weighted by Gasteiger charge is -2.25. The van der Waals surface area contributed by atoms with Crippen molar-refractivity contribution in [1.82, 2.24) is 9.55 Å². The first kappa shape index (κ1) is 27.5. The van der Waals surface area contributed by atoms with E-state index in [1.54, 1.807) is 31.4 Å². The van der Waals surface area contributed by atoms with Crippen molar-refractivity contribution in [2.45, 2.75) is 26.2 Å². The van der Waals surface area contributed by atoms with E-state index in [1.165, 1.54) is 36.1 Å². The highest BCUT2D eigenvalue weighted by Crippen LogP contribution is 2.37. The van der Waals surface area contributed by atoms with Crippen LogP contribution in [-0.4, -0.2) is 44.4 Å². The molecule has 3 aromatic rings. The molecule has 0 unspecified atom stereocenters. The van der Waals surface area contributed by atoms with Crippen LogP contribution in [0.25, 0.3) is 17.8 Å². The van der Waals surface area contributed by atoms with Gasteiger partial charge in [0.2, 0.25) is 10.0 Å². The third-order valence-corrected chi connectivity index (χ3v) is 6.03. The van der Waals surface area contributed by atoms with E-state index in [0.29, 0.717) is 22.6 Å². The van der Waals surface area contributed by atoms with E-state index in [9.17, 15) is 22.8 Å². The predicted molar refractivity (Wildman–Crippen MR) is 143 cm³/mol. The molecule has 196 valence electrons. The topological polar surface area (TPSA) is 137 Å². The van der Waals surface area contributed by atoms with Crippen LogP contribution in [0.1, 0.15) is 47.8 Å². The molecule has 0 aliphatic heterocycles. The minimum Gasteiger partial charge on any atom is -0.496 e. The van der Waals surface area contributed by atoms with Gasteiger partial charge in [-0.25, -0.2) is 18.0 Å². The summed E-state index contributed by atoms with van der Waals surface area (Å²) in [6, 6.07) is 9.31. The van der Waals surface area contributed by atoms with Crippen LogP contribution in [0.4, 0.5) is 5.69 Å². The molecular formula is C26H29N3O7S. The number of hydrogen-bond acceptors (Lipinski definition) is 7. The number of hydrogen-bond donors (Lipinski definition) is 2. The van der Waals surface area contributed by atoms with Crippen LogP contribution in [0.5, 0.6) is 5.75 Å². The summed E-state index contributed by atoms with van der Waals surface area (Å²) < 4.78 is 37.5. The van der Waals surface area contributed by atoms with E-state index in [0.717, 1.165) is 11.8 Å². The number of sulfonamides is 1. The highest BCUT2D eigenvalue weighted by molar-refractivity contribution is 7.92. The van der Waals surface area contributed by atoms with Gasteiger partial charge in [-0.05, 0) is 35.2 Å². The minimum atomic E-state index is -3.55. The van der Waals surface area contributed by atoms with Gasteiger partial charge in [0.25, 0.3) is 5.56 Å². The van der Waals surface area contributed by atoms with Gasteiger partial charge in [-0.15, -0.1) is 0 Å². The zero-order chi connectivity index (χ0) is 27.5. The van der Waals surface area contributed by atoms with Crippen LogP contribution in [0.15, 0.2) is 52.2 Å². The fourth-order valence-electron chi connectivity index (χ4n) is 3.75. The molecule has 3 rings (SSSR count). The number of H-pyrrole nitrogens is 1. The van der Waals surface area contributed by atoms with Crippen LogP contribution in [0.3, 0.4) is 0 Å². The second kappa shape index (κ2) is 10.5. The molecule has 0 spiro atoms. The molecule has 1 aromatic heterocycles. The van der Waals surface area contributed by atoms with Gasteiger partial charge in [-0.2, -0.15) is 0 Å². The maximum absolute atomic E-state index is 12.5. The highest BCUT2D eigenvalue weighted by atomic mass is 32.2. The lowest BCUT2D eigenvalue weighted by Crippen LogP contribution is -2.28. The van der Waals surface area contributed by atoms with E-state index < -0.39 is 27.2 Å². The number of rotatable bonds is 7. The van der Waals surface area contributed by atoms with Crippen LogP contribution in [0, 0.1) is 0 Å². The summed E-state index contributed by atoms with van der Waals surface area (Å²) in [5.74, 6) is -0.0763. The number of carbonyl (C=O) groups excluding carboxylic acids is 1. The van der Waals surface area contributed by atoms with Crippen molar-refractivity contribution in [1.29, 1.82) is 0 Å². The number of ether oxygens (including phenoxy) is 2. The first-order valence-electron chi connectivity index (χ1n) is 11.2. The molecule has 0 radical (unpaired) electrons. The Morgan fingerprint density at radius 3 is 2.27 bits per heavy atom. The molecule has 0 atom stereocenters. The van der Waals surface area contributed by atoms with Crippen molar-refractivity contribution in [3.63, 3.8) is 0 Å². The molecule has 2 N–H and O–H groups in total. The van der Waals surface area contributed by atoms with Gasteiger partial charge in [0.1, 0.15) is 5.75 Å². The molecule has 2 aromatic carbocycles. The van der Waals surface area contributed by atoms with Crippen molar-refractivity contribution in [2.24, 2.45) is 0 Å². The van der Waals surface area contributed by atoms with E-state index in [2.05, 4.69) is 9.71 Å². The fourth-order valence-corrected chi connectivity index (χ4v) is 4.30. The molecule has 37 heavy (non-hydrogen) atoms. The second-order valence-electron chi connectivity index (χ2n) is 9.35. The molecule has 0 saturated carbocycles. The molecule has 0 aliphatic carbocycles. The van der Waals surface area contributed by atoms with Crippen molar-refractivity contribution in [2.75, 3.05) is 25.2 Å². The Kier molecular flexibility index (Phi) is 7.77. The van der Waals surface area contributed by atoms with Crippen LogP contribution in [0.2, 0.25) is 0 Å². The molecular weight excluding hydrogens is 498 g/mol. The SMILES string of the molecule is COC(=O)c1cc(NS(C)(=O)=O)ccc1/C=C/c1cc(-n2ccc(=O)[nH]c2=O)cc(C(C)(C)C)c1OC. The van der Waals surface area contributed by atoms with Gasteiger partial charge < -0.3 is 9.47 Å². The number of esters is 1. The average Bonchev–Trinajstić information content (AvgIpc) is 2.80. The summed E-state index contributed by atoms with van der Waals surface area (Å²) in [5.41, 5.74) is 1.30. The van der Waals surface area contributed by atoms with Gasteiger partial charge >= 0.3 is 11.7 Å². The standard InChI is InChI=1S/C26H29N3O7S/c1-26(2,3)21-15-19(29-12-11-22(30)27-25(29)32)13-17(23(21)35-4)8-7-16-9-10-18(28-37(6,33)34)14-20(16)24(31)36-5/h7-15,28H,1-6H3,(H,27,30,32)/b8-7+. The van der Waals surface area contributed by atoms with Crippen molar-refractivity contribution in [3.8, 4) is 11.4 Å². The third kappa shape index (κ3) is 6.56. The van der Waals surface area contributed by atoms with Gasteiger partial charge in [-0.3, -0.25) is 19.1 Å². The Morgan fingerprint density at radius 2 is 1.70 bits per heavy atom. The lowest BCUT2D eigenvalue weighted by atomic mass is 9.84. The van der Waals surface area contributed by atoms with Crippen molar-refractivity contribution < 1.29 is 22.7 Å². The lowest BCUT2D eigenvalue weighted by molar-refractivity contribution is 0.0600. The maximum atomic E-state index is 12.5. The third-order valence-electron chi connectivity index (χ3n) is 5.42. The largest absolute Gasteiger partial charge is 0.496 e. The number of nitrogens with zero attached hydrogens (tertiary/aromatic N) is 1. The van der Waals surface area contributed by atoms with Crippen molar-refractivity contribution >= 4 is 33.8 Å². The Hall–Kier alpha value is -4.12. The number of methoxy groups -OCH3 is 2. The van der Waals surface area contributed by atoms with Gasteiger partial charge in [0.05, 0.1) is 31.7 Å². The molecule has 0 amide bonds. The summed E-state index contributed by atoms with van der Waals surface area (Å²) in [5, 5.41) is 0. The first-order chi connectivity index (χ1) is 17.2. The molecule has 10 nitrogen and oxygen atoms in total. The molecule has 0 aliphatic rings. The number of aromatic amines is 1. The van der Waals surface area contributed by atoms with E-state index in [4.69, 9.17) is 9.47 Å². The summed E-state index contributed by atoms with van der Waals surface area (Å²) in [4.78, 5) is 38.8. The number of anilines is 1. The van der Waals surface area contributed by atoms with E-state index >= 15 is 0 Å². The number of aromatic nitrogens is 2. The zero-order valence-electron chi connectivity index (χ0n) is 21.4. The Balaban J connectivity index is 2.22. The summed E-state index contributed by atoms with van der Waals surface area (Å²) in [7, 11) is -0.773. The molecule has 0 fully saturated rings. The monoisotopic (exact) mass is 527 g/mol. The Bertz CT molecular complexity index is 1590. The minimum absolute atomic E-state index is 0.149. The summed E-state index contributed by atoms with van der Waals surface area (Å²) in [6.45, 7) is 6.00. The van der Waals surface area contributed by atoms with Gasteiger partial charge in [0, 0.05) is 29.1 Å².